The molecule has 3 N–H and O–H groups in total. The maximum Gasteiger partial charge on any atom is 0.354 e. The summed E-state index contributed by atoms with van der Waals surface area (Å²) in [4.78, 5) is 17.3. The summed E-state index contributed by atoms with van der Waals surface area (Å²) in [5.74, 6) is 0.311. The number of carbonyl (C=O) groups is 1. The standard InChI is InChI=1S/C17H20F2N6O2S/c1-9-5-6-11-14(9)21-12-4-2-3-10(12)15(11)22-17(26)24-28(20,27)13-7-8-25(23-13)16(18)19/h7-9,16H,2-6H2,1H3,(H3,20,21,22,24,26,27)/t9-,28-/m1/s1. The van der Waals surface area contributed by atoms with Crippen molar-refractivity contribution in [1.29, 1.82) is 0 Å². The fourth-order valence-electron chi connectivity index (χ4n) is 3.84. The van der Waals surface area contributed by atoms with Crippen molar-refractivity contribution in [2.24, 2.45) is 9.50 Å². The average Bonchev–Trinajstić information content (AvgIpc) is 3.34. The highest BCUT2D eigenvalue weighted by atomic mass is 32.2. The summed E-state index contributed by atoms with van der Waals surface area (Å²) in [5.41, 5.74) is 4.63. The number of rotatable bonds is 3. The van der Waals surface area contributed by atoms with Crippen LogP contribution in [0.15, 0.2) is 21.7 Å². The molecule has 0 fully saturated rings. The molecule has 2 atom stereocenters. The van der Waals surface area contributed by atoms with Crippen LogP contribution in [0.25, 0.3) is 0 Å². The number of aryl methyl sites for hydroxylation is 1. The van der Waals surface area contributed by atoms with Crippen molar-refractivity contribution in [3.63, 3.8) is 0 Å². The molecule has 150 valence electrons. The first-order valence-electron chi connectivity index (χ1n) is 9.00. The number of nitrogens with two attached hydrogens (primary N) is 1. The van der Waals surface area contributed by atoms with Crippen LogP contribution in [0, 0.1) is 0 Å². The average molecular weight is 410 g/mol. The number of carbonyl (C=O) groups excluding carboxylic acids is 1. The van der Waals surface area contributed by atoms with Gasteiger partial charge in [-0.3, -0.25) is 4.98 Å². The summed E-state index contributed by atoms with van der Waals surface area (Å²) in [6, 6.07) is 0.176. The molecule has 0 radical (unpaired) electrons. The van der Waals surface area contributed by atoms with Gasteiger partial charge >= 0.3 is 12.6 Å². The van der Waals surface area contributed by atoms with Crippen LogP contribution < -0.4 is 10.5 Å². The van der Waals surface area contributed by atoms with Gasteiger partial charge in [-0.25, -0.2) is 18.8 Å². The van der Waals surface area contributed by atoms with Crippen molar-refractivity contribution in [3.05, 3.63) is 34.8 Å². The van der Waals surface area contributed by atoms with E-state index in [1.807, 2.05) is 0 Å². The van der Waals surface area contributed by atoms with Gasteiger partial charge in [-0.2, -0.15) is 13.9 Å². The Bertz CT molecular complexity index is 1070. The van der Waals surface area contributed by atoms with Gasteiger partial charge in [0.05, 0.1) is 5.69 Å². The van der Waals surface area contributed by atoms with Gasteiger partial charge in [0.2, 0.25) is 0 Å². The highest BCUT2D eigenvalue weighted by Crippen LogP contribution is 2.41. The zero-order valence-electron chi connectivity index (χ0n) is 15.2. The van der Waals surface area contributed by atoms with Crippen molar-refractivity contribution in [2.75, 3.05) is 5.32 Å². The first kappa shape index (κ1) is 18.9. The van der Waals surface area contributed by atoms with E-state index in [2.05, 4.69) is 21.7 Å². The highest BCUT2D eigenvalue weighted by Gasteiger charge is 2.30. The third-order valence-electron chi connectivity index (χ3n) is 5.18. The second-order valence-corrected chi connectivity index (χ2v) is 8.81. The summed E-state index contributed by atoms with van der Waals surface area (Å²) >= 11 is 0. The normalized spacial score (nSPS) is 20.0. The van der Waals surface area contributed by atoms with E-state index in [1.165, 1.54) is 0 Å². The van der Waals surface area contributed by atoms with Crippen molar-refractivity contribution in [3.8, 4) is 0 Å². The van der Waals surface area contributed by atoms with Gasteiger partial charge in [-0.05, 0) is 55.2 Å². The molecule has 2 aliphatic rings. The maximum absolute atomic E-state index is 12.7. The van der Waals surface area contributed by atoms with Crippen LogP contribution in [0.1, 0.15) is 54.7 Å². The van der Waals surface area contributed by atoms with Crippen molar-refractivity contribution in [2.45, 2.75) is 56.5 Å². The number of urea groups is 1. The van der Waals surface area contributed by atoms with Gasteiger partial charge in [-0.15, -0.1) is 4.36 Å². The van der Waals surface area contributed by atoms with Crippen LogP contribution in [0.3, 0.4) is 0 Å². The number of fused-ring (bicyclic) bond motifs is 2. The summed E-state index contributed by atoms with van der Waals surface area (Å²) in [6.45, 7) is -0.802. The molecular formula is C17H20F2N6O2S. The molecule has 2 aromatic heterocycles. The van der Waals surface area contributed by atoms with Crippen LogP contribution in [0.2, 0.25) is 0 Å². The Morgan fingerprint density at radius 3 is 2.89 bits per heavy atom. The minimum atomic E-state index is -3.75. The number of hydrogen-bond acceptors (Lipinski definition) is 4. The zero-order valence-corrected chi connectivity index (χ0v) is 16.0. The topological polar surface area (TPSA) is 115 Å². The molecule has 2 amide bonds. The number of nitrogens with zero attached hydrogens (tertiary/aromatic N) is 4. The Hall–Kier alpha value is -2.40. The van der Waals surface area contributed by atoms with E-state index in [9.17, 15) is 17.8 Å². The van der Waals surface area contributed by atoms with Crippen LogP contribution in [-0.4, -0.2) is 25.0 Å². The lowest BCUT2D eigenvalue weighted by atomic mass is 10.0. The smallest absolute Gasteiger partial charge is 0.305 e. The summed E-state index contributed by atoms with van der Waals surface area (Å²) in [6.07, 6.45) is 5.29. The summed E-state index contributed by atoms with van der Waals surface area (Å²) in [7, 11) is -3.75. The maximum atomic E-state index is 12.7. The Morgan fingerprint density at radius 1 is 1.39 bits per heavy atom. The van der Waals surface area contributed by atoms with E-state index < -0.39 is 22.5 Å². The molecule has 2 aliphatic carbocycles. The number of anilines is 1. The van der Waals surface area contributed by atoms with E-state index >= 15 is 0 Å². The molecule has 0 saturated heterocycles. The monoisotopic (exact) mass is 410 g/mol. The lowest BCUT2D eigenvalue weighted by Gasteiger charge is -2.15. The molecule has 0 aliphatic heterocycles. The largest absolute Gasteiger partial charge is 0.354 e. The third kappa shape index (κ3) is 3.28. The quantitative estimate of drug-likeness (QED) is 0.809. The molecule has 0 bridgehead atoms. The molecule has 11 heteroatoms. The molecule has 0 aromatic carbocycles. The van der Waals surface area contributed by atoms with Crippen LogP contribution in [-0.2, 0) is 29.2 Å². The van der Waals surface area contributed by atoms with Crippen LogP contribution in [0.5, 0.6) is 0 Å². The molecule has 28 heavy (non-hydrogen) atoms. The van der Waals surface area contributed by atoms with Crippen LogP contribution in [0.4, 0.5) is 19.3 Å². The molecule has 8 nitrogen and oxygen atoms in total. The van der Waals surface area contributed by atoms with E-state index in [1.54, 1.807) is 0 Å². The third-order valence-corrected chi connectivity index (χ3v) is 6.44. The highest BCUT2D eigenvalue weighted by molar-refractivity contribution is 7.91. The minimum absolute atomic E-state index is 0.305. The molecule has 0 saturated carbocycles. The molecule has 0 unspecified atom stereocenters. The van der Waals surface area contributed by atoms with Gasteiger partial charge in [0.25, 0.3) is 0 Å². The van der Waals surface area contributed by atoms with Crippen LogP contribution >= 0.6 is 0 Å². The Kier molecular flexibility index (Phi) is 4.66. The fourth-order valence-corrected chi connectivity index (χ4v) is 4.69. The number of nitrogens with one attached hydrogen (secondary N) is 1. The number of pyridine rings is 1. The number of alkyl halides is 2. The van der Waals surface area contributed by atoms with Crippen molar-refractivity contribution in [1.82, 2.24) is 14.8 Å². The van der Waals surface area contributed by atoms with Gasteiger partial charge in [-0.1, -0.05) is 6.92 Å². The lowest BCUT2D eigenvalue weighted by molar-refractivity contribution is 0.0554. The number of aromatic nitrogens is 3. The van der Waals surface area contributed by atoms with Crippen molar-refractivity contribution >= 4 is 21.6 Å². The number of hydrogen-bond donors (Lipinski definition) is 2. The first-order valence-corrected chi connectivity index (χ1v) is 10.6. The number of amides is 2. The predicted octanol–water partition coefficient (Wildman–Crippen LogP) is 3.14. The molecule has 2 heterocycles. The van der Waals surface area contributed by atoms with E-state index in [4.69, 9.17) is 10.1 Å². The van der Waals surface area contributed by atoms with Gasteiger partial charge in [0.1, 0.15) is 0 Å². The Labute approximate surface area is 160 Å². The Balaban J connectivity index is 1.67. The van der Waals surface area contributed by atoms with E-state index in [0.29, 0.717) is 16.3 Å². The summed E-state index contributed by atoms with van der Waals surface area (Å²) in [5, 5.41) is 11.4. The predicted molar refractivity (Wildman–Crippen MR) is 98.5 cm³/mol. The van der Waals surface area contributed by atoms with Gasteiger partial charge < -0.3 is 5.32 Å². The van der Waals surface area contributed by atoms with Crippen molar-refractivity contribution < 1.29 is 17.8 Å². The fraction of sp³-hybridized carbons (Fsp3) is 0.471. The van der Waals surface area contributed by atoms with E-state index in [0.717, 1.165) is 66.9 Å². The molecule has 0 spiro atoms. The van der Waals surface area contributed by atoms with E-state index in [-0.39, 0.29) is 5.03 Å². The Morgan fingerprint density at radius 2 is 2.18 bits per heavy atom. The van der Waals surface area contributed by atoms with Gasteiger partial charge in [0.15, 0.2) is 14.9 Å². The molecule has 2 aromatic rings. The zero-order chi connectivity index (χ0) is 20.1. The lowest BCUT2D eigenvalue weighted by Crippen LogP contribution is -2.20. The molecule has 4 rings (SSSR count). The number of halogens is 2. The second-order valence-electron chi connectivity index (χ2n) is 7.07. The second kappa shape index (κ2) is 6.89. The minimum Gasteiger partial charge on any atom is -0.305 e. The van der Waals surface area contributed by atoms with Gasteiger partial charge in [0, 0.05) is 17.6 Å². The first-order chi connectivity index (χ1) is 13.3. The summed E-state index contributed by atoms with van der Waals surface area (Å²) < 4.78 is 41.7. The SMILES string of the molecule is C[C@@H]1CCc2c1nc1c(c2NC(=O)N=[S@@](N)(=O)c2ccn(C(F)F)n2)CCC1. The molecular weight excluding hydrogens is 390 g/mol.